The van der Waals surface area contributed by atoms with Crippen molar-refractivity contribution < 1.29 is 23.1 Å². The van der Waals surface area contributed by atoms with Crippen LogP contribution in [0.1, 0.15) is 46.5 Å². The van der Waals surface area contributed by atoms with Crippen molar-refractivity contribution in [1.82, 2.24) is 0 Å². The van der Waals surface area contributed by atoms with Crippen LogP contribution in [-0.4, -0.2) is 32.0 Å². The van der Waals surface area contributed by atoms with Crippen LogP contribution in [0.4, 0.5) is 0 Å². The number of carbonyl (C=O) groups excluding carboxylic acids is 1. The van der Waals surface area contributed by atoms with E-state index in [-0.39, 0.29) is 0 Å². The highest BCUT2D eigenvalue weighted by molar-refractivity contribution is 7.53. The summed E-state index contributed by atoms with van der Waals surface area (Å²) in [5.41, 5.74) is 0.383. The van der Waals surface area contributed by atoms with Crippen molar-refractivity contribution >= 4 is 13.6 Å². The molecule has 0 aromatic carbocycles. The van der Waals surface area contributed by atoms with Crippen molar-refractivity contribution in [3.8, 4) is 0 Å². The molecule has 0 rings (SSSR count). The molecule has 0 aromatic rings. The first-order chi connectivity index (χ1) is 9.45. The van der Waals surface area contributed by atoms with E-state index in [4.69, 9.17) is 13.8 Å². The zero-order chi connectivity index (χ0) is 15.4. The smallest absolute Gasteiger partial charge is 0.333 e. The van der Waals surface area contributed by atoms with Gasteiger partial charge in [0.25, 0.3) is 0 Å². The van der Waals surface area contributed by atoms with Crippen LogP contribution in [0, 0.1) is 0 Å². The summed E-state index contributed by atoms with van der Waals surface area (Å²) in [6.45, 7) is 10.2. The molecule has 0 aromatic heterocycles. The first kappa shape index (κ1) is 19.4. The van der Waals surface area contributed by atoms with Gasteiger partial charge in [-0.3, -0.25) is 4.57 Å². The highest BCUT2D eigenvalue weighted by atomic mass is 31.2. The van der Waals surface area contributed by atoms with Gasteiger partial charge in [0, 0.05) is 5.57 Å². The molecule has 0 spiro atoms. The molecule has 0 aliphatic heterocycles. The van der Waals surface area contributed by atoms with Crippen LogP contribution in [0.15, 0.2) is 12.2 Å². The monoisotopic (exact) mass is 306 g/mol. The summed E-state index contributed by atoms with van der Waals surface area (Å²) in [6.07, 6.45) is 3.23. The first-order valence-electron chi connectivity index (χ1n) is 7.16. The molecule has 0 amide bonds. The second-order valence-corrected chi connectivity index (χ2v) is 6.81. The van der Waals surface area contributed by atoms with Crippen LogP contribution in [0.5, 0.6) is 0 Å². The molecule has 0 fully saturated rings. The topological polar surface area (TPSA) is 61.8 Å². The third-order valence-electron chi connectivity index (χ3n) is 2.39. The average Bonchev–Trinajstić information content (AvgIpc) is 2.42. The first-order valence-corrected chi connectivity index (χ1v) is 8.88. The molecule has 0 aliphatic rings. The van der Waals surface area contributed by atoms with Crippen LogP contribution in [0.3, 0.4) is 0 Å². The molecule has 0 atom stereocenters. The fraction of sp³-hybridized carbons (Fsp3) is 0.786. The van der Waals surface area contributed by atoms with Crippen LogP contribution < -0.4 is 0 Å². The molecule has 0 saturated heterocycles. The molecular weight excluding hydrogens is 279 g/mol. The van der Waals surface area contributed by atoms with Gasteiger partial charge in [-0.2, -0.15) is 0 Å². The lowest BCUT2D eigenvalue weighted by Gasteiger charge is -2.18. The maximum atomic E-state index is 12.4. The number of hydrogen-bond acceptors (Lipinski definition) is 5. The van der Waals surface area contributed by atoms with Crippen molar-refractivity contribution in [3.05, 3.63) is 12.2 Å². The Kier molecular flexibility index (Phi) is 10.7. The number of rotatable bonds is 12. The molecule has 5 nitrogen and oxygen atoms in total. The van der Waals surface area contributed by atoms with Gasteiger partial charge in [-0.05, 0) is 32.6 Å². The summed E-state index contributed by atoms with van der Waals surface area (Å²) in [5, 5.41) is 0. The normalized spacial score (nSPS) is 11.3. The van der Waals surface area contributed by atoms with Gasteiger partial charge in [-0.15, -0.1) is 0 Å². The van der Waals surface area contributed by atoms with E-state index in [1.54, 1.807) is 6.92 Å². The van der Waals surface area contributed by atoms with Gasteiger partial charge in [0.05, 0.1) is 26.0 Å². The van der Waals surface area contributed by atoms with Gasteiger partial charge in [0.1, 0.15) is 0 Å². The Morgan fingerprint density at radius 1 is 1.05 bits per heavy atom. The second-order valence-electron chi connectivity index (χ2n) is 4.62. The number of hydrogen-bond donors (Lipinski definition) is 0. The van der Waals surface area contributed by atoms with Gasteiger partial charge >= 0.3 is 13.6 Å². The van der Waals surface area contributed by atoms with Gasteiger partial charge in [-0.1, -0.05) is 20.4 Å². The Labute approximate surface area is 122 Å². The number of unbranched alkanes of at least 4 members (excludes halogenated alkanes) is 1. The van der Waals surface area contributed by atoms with E-state index in [0.717, 1.165) is 12.8 Å². The van der Waals surface area contributed by atoms with E-state index in [9.17, 15) is 9.36 Å². The Morgan fingerprint density at radius 2 is 1.60 bits per heavy atom. The molecule has 0 unspecified atom stereocenters. The van der Waals surface area contributed by atoms with E-state index in [2.05, 4.69) is 6.58 Å². The Balaban J connectivity index is 3.98. The van der Waals surface area contributed by atoms with Crippen molar-refractivity contribution in [1.29, 1.82) is 0 Å². The summed E-state index contributed by atoms with van der Waals surface area (Å²) in [6, 6.07) is 0. The standard InChI is InChI=1S/C14H27O5P/c1-5-9-18-20(16,19-10-6-2)12-8-7-11-17-14(15)13(3)4/h3,5-12H2,1-2,4H3. The van der Waals surface area contributed by atoms with Gasteiger partial charge in [-0.25, -0.2) is 4.79 Å². The SMILES string of the molecule is C=C(C)C(=O)OCCCCP(=O)(OCCC)OCCC. The summed E-state index contributed by atoms with van der Waals surface area (Å²) in [7, 11) is -2.99. The van der Waals surface area contributed by atoms with Crippen molar-refractivity contribution in [3.63, 3.8) is 0 Å². The van der Waals surface area contributed by atoms with E-state index < -0.39 is 13.6 Å². The third kappa shape index (κ3) is 9.29. The Hall–Kier alpha value is -0.640. The van der Waals surface area contributed by atoms with Crippen LogP contribution >= 0.6 is 7.60 Å². The van der Waals surface area contributed by atoms with Crippen molar-refractivity contribution in [2.24, 2.45) is 0 Å². The summed E-state index contributed by atoms with van der Waals surface area (Å²) >= 11 is 0. The molecule has 0 bridgehead atoms. The van der Waals surface area contributed by atoms with Crippen LogP contribution in [-0.2, 0) is 23.1 Å². The van der Waals surface area contributed by atoms with Crippen molar-refractivity contribution in [2.45, 2.75) is 46.5 Å². The number of ether oxygens (including phenoxy) is 1. The van der Waals surface area contributed by atoms with Gasteiger partial charge in [0.15, 0.2) is 0 Å². The lowest BCUT2D eigenvalue weighted by molar-refractivity contribution is -0.139. The van der Waals surface area contributed by atoms with Gasteiger partial charge < -0.3 is 13.8 Å². The predicted molar refractivity (Wildman–Crippen MR) is 80.0 cm³/mol. The fourth-order valence-electron chi connectivity index (χ4n) is 1.32. The molecule has 0 aliphatic carbocycles. The van der Waals surface area contributed by atoms with Gasteiger partial charge in [0.2, 0.25) is 0 Å². The largest absolute Gasteiger partial charge is 0.462 e. The number of carbonyl (C=O) groups is 1. The van der Waals surface area contributed by atoms with Crippen LogP contribution in [0.25, 0.3) is 0 Å². The molecular formula is C14H27O5P. The fourth-order valence-corrected chi connectivity index (χ4v) is 3.19. The molecule has 6 heteroatoms. The molecule has 0 N–H and O–H groups in total. The zero-order valence-corrected chi connectivity index (χ0v) is 13.7. The lowest BCUT2D eigenvalue weighted by atomic mass is 10.3. The van der Waals surface area contributed by atoms with E-state index in [1.165, 1.54) is 0 Å². The highest BCUT2D eigenvalue weighted by Gasteiger charge is 2.23. The average molecular weight is 306 g/mol. The maximum Gasteiger partial charge on any atom is 0.333 e. The second kappa shape index (κ2) is 11.1. The minimum absolute atomic E-state index is 0.299. The van der Waals surface area contributed by atoms with Crippen molar-refractivity contribution in [2.75, 3.05) is 26.0 Å². The quantitative estimate of drug-likeness (QED) is 0.236. The summed E-state index contributed by atoms with van der Waals surface area (Å²) in [4.78, 5) is 11.2. The van der Waals surface area contributed by atoms with E-state index in [0.29, 0.717) is 44.4 Å². The molecule has 118 valence electrons. The lowest BCUT2D eigenvalue weighted by Crippen LogP contribution is -2.07. The third-order valence-corrected chi connectivity index (χ3v) is 4.41. The Morgan fingerprint density at radius 3 is 2.05 bits per heavy atom. The minimum Gasteiger partial charge on any atom is -0.462 e. The Bertz CT molecular complexity index is 328. The minimum atomic E-state index is -2.99. The van der Waals surface area contributed by atoms with E-state index >= 15 is 0 Å². The van der Waals surface area contributed by atoms with Crippen LogP contribution in [0.2, 0.25) is 0 Å². The summed E-state index contributed by atoms with van der Waals surface area (Å²) < 4.78 is 28.1. The zero-order valence-electron chi connectivity index (χ0n) is 12.9. The molecule has 0 heterocycles. The van der Waals surface area contributed by atoms with E-state index in [1.807, 2.05) is 13.8 Å². The molecule has 0 radical (unpaired) electrons. The molecule has 0 saturated carbocycles. The summed E-state index contributed by atoms with van der Waals surface area (Å²) in [5.74, 6) is -0.391. The predicted octanol–water partition coefficient (Wildman–Crippen LogP) is 3.93. The molecule has 20 heavy (non-hydrogen) atoms. The number of esters is 1. The maximum absolute atomic E-state index is 12.4. The highest BCUT2D eigenvalue weighted by Crippen LogP contribution is 2.49.